The molecule has 154 valence electrons. The largest absolute Gasteiger partial charge is 0.382 e. The second kappa shape index (κ2) is 9.28. The first-order valence-electron chi connectivity index (χ1n) is 9.65. The number of nitriles is 2. The van der Waals surface area contributed by atoms with E-state index in [-0.39, 0.29) is 0 Å². The highest BCUT2D eigenvalue weighted by molar-refractivity contribution is 6.31. The predicted octanol–water partition coefficient (Wildman–Crippen LogP) is 5.37. The minimum atomic E-state index is -1.04. The molecule has 6 nitrogen and oxygen atoms in total. The summed E-state index contributed by atoms with van der Waals surface area (Å²) in [7, 11) is 0. The summed E-state index contributed by atoms with van der Waals surface area (Å²) < 4.78 is 0. The van der Waals surface area contributed by atoms with Gasteiger partial charge >= 0.3 is 0 Å². The van der Waals surface area contributed by atoms with Gasteiger partial charge in [0.2, 0.25) is 5.95 Å². The Morgan fingerprint density at radius 1 is 0.844 bits per heavy atom. The lowest BCUT2D eigenvalue weighted by molar-refractivity contribution is 0.215. The average molecular weight is 438 g/mol. The van der Waals surface area contributed by atoms with Gasteiger partial charge in [0, 0.05) is 22.5 Å². The molecule has 0 amide bonds. The summed E-state index contributed by atoms with van der Waals surface area (Å²) in [6.45, 7) is 0. The number of hydrogen-bond donors (Lipinski definition) is 2. The predicted molar refractivity (Wildman–Crippen MR) is 122 cm³/mol. The van der Waals surface area contributed by atoms with E-state index in [1.807, 2.05) is 18.2 Å². The standard InChI is InChI=1S/C25H16ClN5O/c26-22-13-19(18-5-1-16(14-27)2-6-18)7-10-21(22)24(32)23-11-12-29-25(31-23)30-20-8-3-17(15-28)4-9-20/h1-13,24,32H,(H,29,30,31)/t24-/m0/s1. The maximum Gasteiger partial charge on any atom is 0.227 e. The number of aromatic nitrogens is 2. The highest BCUT2D eigenvalue weighted by atomic mass is 35.5. The van der Waals surface area contributed by atoms with Gasteiger partial charge in [0.15, 0.2) is 0 Å². The van der Waals surface area contributed by atoms with Crippen molar-refractivity contribution in [2.45, 2.75) is 6.10 Å². The van der Waals surface area contributed by atoms with Crippen molar-refractivity contribution in [1.82, 2.24) is 9.97 Å². The monoisotopic (exact) mass is 437 g/mol. The Balaban J connectivity index is 1.55. The van der Waals surface area contributed by atoms with Crippen molar-refractivity contribution in [2.24, 2.45) is 0 Å². The number of nitrogens with one attached hydrogen (secondary N) is 1. The molecule has 2 N–H and O–H groups in total. The number of halogens is 1. The van der Waals surface area contributed by atoms with Crippen molar-refractivity contribution in [1.29, 1.82) is 10.5 Å². The molecule has 7 heteroatoms. The minimum absolute atomic E-state index is 0.316. The Morgan fingerprint density at radius 2 is 1.47 bits per heavy atom. The molecule has 4 rings (SSSR count). The molecule has 32 heavy (non-hydrogen) atoms. The Morgan fingerprint density at radius 3 is 2.09 bits per heavy atom. The minimum Gasteiger partial charge on any atom is -0.382 e. The van der Waals surface area contributed by atoms with Gasteiger partial charge in [-0.25, -0.2) is 9.97 Å². The molecule has 0 aliphatic heterocycles. The molecule has 0 bridgehead atoms. The zero-order chi connectivity index (χ0) is 22.5. The summed E-state index contributed by atoms with van der Waals surface area (Å²) in [5, 5.41) is 32.2. The van der Waals surface area contributed by atoms with Crippen LogP contribution in [0.15, 0.2) is 79.0 Å². The second-order valence-corrected chi connectivity index (χ2v) is 7.35. The third kappa shape index (κ3) is 4.58. The number of aliphatic hydroxyl groups excluding tert-OH is 1. The van der Waals surface area contributed by atoms with Crippen LogP contribution < -0.4 is 5.32 Å². The molecular weight excluding hydrogens is 422 g/mol. The lowest BCUT2D eigenvalue weighted by Gasteiger charge is -2.14. The number of anilines is 2. The van der Waals surface area contributed by atoms with Crippen molar-refractivity contribution in [2.75, 3.05) is 5.32 Å². The van der Waals surface area contributed by atoms with Crippen LogP contribution in [0.3, 0.4) is 0 Å². The molecule has 0 spiro atoms. The third-order valence-electron chi connectivity index (χ3n) is 4.87. The number of aliphatic hydroxyl groups is 1. The molecule has 1 aromatic heterocycles. The normalized spacial score (nSPS) is 11.2. The maximum atomic E-state index is 10.9. The number of nitrogens with zero attached hydrogens (tertiary/aromatic N) is 4. The SMILES string of the molecule is N#Cc1ccc(Nc2nccc([C@@H](O)c3ccc(-c4ccc(C#N)cc4)cc3Cl)n2)cc1. The third-order valence-corrected chi connectivity index (χ3v) is 5.20. The van der Waals surface area contributed by atoms with Crippen molar-refractivity contribution in [3.05, 3.63) is 106 Å². The smallest absolute Gasteiger partial charge is 0.227 e. The topological polar surface area (TPSA) is 106 Å². The Hall–Kier alpha value is -4.23. The van der Waals surface area contributed by atoms with Crippen LogP contribution in [0.1, 0.15) is 28.5 Å². The number of benzene rings is 3. The molecule has 0 saturated carbocycles. The van der Waals surface area contributed by atoms with Gasteiger partial charge < -0.3 is 10.4 Å². The van der Waals surface area contributed by atoms with Crippen LogP contribution in [0.25, 0.3) is 11.1 Å². The van der Waals surface area contributed by atoms with E-state index in [9.17, 15) is 5.11 Å². The van der Waals surface area contributed by atoms with Gasteiger partial charge in [-0.3, -0.25) is 0 Å². The molecule has 0 saturated heterocycles. The fourth-order valence-corrected chi connectivity index (χ4v) is 3.45. The van der Waals surface area contributed by atoms with E-state index in [2.05, 4.69) is 27.4 Å². The average Bonchev–Trinajstić information content (AvgIpc) is 2.84. The van der Waals surface area contributed by atoms with E-state index in [1.54, 1.807) is 60.8 Å². The first-order chi connectivity index (χ1) is 15.6. The Kier molecular flexibility index (Phi) is 6.10. The van der Waals surface area contributed by atoms with Crippen LogP contribution in [0, 0.1) is 22.7 Å². The summed E-state index contributed by atoms with van der Waals surface area (Å²) in [6.07, 6.45) is 0.512. The van der Waals surface area contributed by atoms with Crippen LogP contribution >= 0.6 is 11.6 Å². The van der Waals surface area contributed by atoms with Gasteiger partial charge in [0.25, 0.3) is 0 Å². The first-order valence-corrected chi connectivity index (χ1v) is 10.0. The Bertz CT molecular complexity index is 1340. The van der Waals surface area contributed by atoms with Crippen LogP contribution in [-0.4, -0.2) is 15.1 Å². The molecule has 0 unspecified atom stereocenters. The van der Waals surface area contributed by atoms with E-state index in [1.165, 1.54) is 0 Å². The van der Waals surface area contributed by atoms with Gasteiger partial charge in [-0.15, -0.1) is 0 Å². The van der Waals surface area contributed by atoms with Gasteiger partial charge in [-0.05, 0) is 59.7 Å². The fourth-order valence-electron chi connectivity index (χ4n) is 3.17. The van der Waals surface area contributed by atoms with E-state index in [0.29, 0.717) is 33.4 Å². The first kappa shape index (κ1) is 21.0. The van der Waals surface area contributed by atoms with Gasteiger partial charge in [-0.2, -0.15) is 10.5 Å². The zero-order valence-electron chi connectivity index (χ0n) is 16.7. The molecule has 3 aromatic carbocycles. The summed E-state index contributed by atoms with van der Waals surface area (Å²) in [5.74, 6) is 0.316. The zero-order valence-corrected chi connectivity index (χ0v) is 17.5. The van der Waals surface area contributed by atoms with E-state index in [4.69, 9.17) is 22.1 Å². The summed E-state index contributed by atoms with van der Waals surface area (Å²) in [4.78, 5) is 8.59. The van der Waals surface area contributed by atoms with Crippen molar-refractivity contribution in [3.63, 3.8) is 0 Å². The fraction of sp³-hybridized carbons (Fsp3) is 0.0400. The highest BCUT2D eigenvalue weighted by Gasteiger charge is 2.17. The summed E-state index contributed by atoms with van der Waals surface area (Å²) in [5.41, 5.74) is 4.57. The van der Waals surface area contributed by atoms with Crippen molar-refractivity contribution < 1.29 is 5.11 Å². The van der Waals surface area contributed by atoms with E-state index in [0.717, 1.165) is 16.8 Å². The quantitative estimate of drug-likeness (QED) is 0.435. The summed E-state index contributed by atoms with van der Waals surface area (Å²) in [6, 6.07) is 25.3. The Labute approximate surface area is 190 Å². The molecule has 0 radical (unpaired) electrons. The molecule has 4 aromatic rings. The number of hydrogen-bond acceptors (Lipinski definition) is 6. The molecule has 1 heterocycles. The van der Waals surface area contributed by atoms with E-state index >= 15 is 0 Å². The molecular formula is C25H16ClN5O. The maximum absolute atomic E-state index is 10.9. The van der Waals surface area contributed by atoms with Crippen LogP contribution in [0.4, 0.5) is 11.6 Å². The molecule has 0 aliphatic carbocycles. The van der Waals surface area contributed by atoms with Crippen LogP contribution in [0.5, 0.6) is 0 Å². The van der Waals surface area contributed by atoms with Gasteiger partial charge in [-0.1, -0.05) is 35.9 Å². The number of rotatable bonds is 5. The molecule has 1 atom stereocenters. The lowest BCUT2D eigenvalue weighted by atomic mass is 9.99. The van der Waals surface area contributed by atoms with E-state index < -0.39 is 6.10 Å². The van der Waals surface area contributed by atoms with Crippen molar-refractivity contribution >= 4 is 23.2 Å². The summed E-state index contributed by atoms with van der Waals surface area (Å²) >= 11 is 6.48. The second-order valence-electron chi connectivity index (χ2n) is 6.95. The van der Waals surface area contributed by atoms with Crippen molar-refractivity contribution in [3.8, 4) is 23.3 Å². The van der Waals surface area contributed by atoms with Gasteiger partial charge in [0.1, 0.15) is 6.10 Å². The molecule has 0 fully saturated rings. The van der Waals surface area contributed by atoms with Crippen LogP contribution in [0.2, 0.25) is 5.02 Å². The van der Waals surface area contributed by atoms with Gasteiger partial charge in [0.05, 0.1) is 29.0 Å². The lowest BCUT2D eigenvalue weighted by Crippen LogP contribution is -2.06. The molecule has 0 aliphatic rings. The van der Waals surface area contributed by atoms with Crippen LogP contribution in [-0.2, 0) is 0 Å². The highest BCUT2D eigenvalue weighted by Crippen LogP contribution is 2.32.